The normalized spacial score (nSPS) is 17.5. The van der Waals surface area contributed by atoms with Gasteiger partial charge < -0.3 is 4.90 Å². The highest BCUT2D eigenvalue weighted by atomic mass is 16.2. The van der Waals surface area contributed by atoms with Gasteiger partial charge in [0.15, 0.2) is 0 Å². The molecule has 1 aliphatic heterocycles. The van der Waals surface area contributed by atoms with Crippen molar-refractivity contribution in [3.05, 3.63) is 12.2 Å². The summed E-state index contributed by atoms with van der Waals surface area (Å²) in [5.41, 5.74) is 1.05. The SMILES string of the molecule is C=C(C)CN(CC)C(=O)CN1CCCCCC1. The minimum atomic E-state index is 0.248. The van der Waals surface area contributed by atoms with Crippen LogP contribution in [0.1, 0.15) is 39.5 Å². The molecule has 3 heteroatoms. The summed E-state index contributed by atoms with van der Waals surface area (Å²) in [6, 6.07) is 0. The molecular weight excluding hydrogens is 212 g/mol. The molecule has 1 saturated heterocycles. The summed E-state index contributed by atoms with van der Waals surface area (Å²) in [7, 11) is 0. The maximum Gasteiger partial charge on any atom is 0.237 e. The van der Waals surface area contributed by atoms with Crippen LogP contribution in [0.25, 0.3) is 0 Å². The Morgan fingerprint density at radius 1 is 1.24 bits per heavy atom. The topological polar surface area (TPSA) is 23.6 Å². The lowest BCUT2D eigenvalue weighted by Gasteiger charge is -2.25. The Morgan fingerprint density at radius 3 is 2.29 bits per heavy atom. The van der Waals surface area contributed by atoms with Crippen molar-refractivity contribution in [2.75, 3.05) is 32.7 Å². The number of nitrogens with zero attached hydrogens (tertiary/aromatic N) is 2. The third kappa shape index (κ3) is 5.35. The molecule has 1 fully saturated rings. The van der Waals surface area contributed by atoms with Gasteiger partial charge in [0, 0.05) is 13.1 Å². The zero-order valence-corrected chi connectivity index (χ0v) is 11.4. The van der Waals surface area contributed by atoms with Gasteiger partial charge in [0.2, 0.25) is 5.91 Å². The predicted octanol–water partition coefficient (Wildman–Crippen LogP) is 2.29. The van der Waals surface area contributed by atoms with Crippen molar-refractivity contribution in [2.24, 2.45) is 0 Å². The molecule has 0 aromatic carbocycles. The Labute approximate surface area is 105 Å². The van der Waals surface area contributed by atoms with Gasteiger partial charge in [-0.2, -0.15) is 0 Å². The van der Waals surface area contributed by atoms with Crippen LogP contribution in [-0.4, -0.2) is 48.4 Å². The van der Waals surface area contributed by atoms with E-state index < -0.39 is 0 Å². The lowest BCUT2D eigenvalue weighted by Crippen LogP contribution is -2.41. The Morgan fingerprint density at radius 2 is 1.82 bits per heavy atom. The first-order valence-corrected chi connectivity index (χ1v) is 6.78. The van der Waals surface area contributed by atoms with E-state index in [1.807, 2.05) is 18.7 Å². The van der Waals surface area contributed by atoms with Gasteiger partial charge in [-0.3, -0.25) is 9.69 Å². The van der Waals surface area contributed by atoms with E-state index in [2.05, 4.69) is 11.5 Å². The van der Waals surface area contributed by atoms with E-state index in [1.165, 1.54) is 25.7 Å². The Bertz CT molecular complexity index is 255. The van der Waals surface area contributed by atoms with Crippen LogP contribution >= 0.6 is 0 Å². The standard InChI is InChI=1S/C14H26N2O/c1-4-16(11-13(2)3)14(17)12-15-9-7-5-6-8-10-15/h2,4-12H2,1,3H3. The number of likely N-dealkylation sites (N-methyl/N-ethyl adjacent to an activating group) is 1. The molecule has 0 radical (unpaired) electrons. The van der Waals surface area contributed by atoms with Gasteiger partial charge in [-0.1, -0.05) is 25.0 Å². The fraction of sp³-hybridized carbons (Fsp3) is 0.786. The quantitative estimate of drug-likeness (QED) is 0.686. The Hall–Kier alpha value is -0.830. The van der Waals surface area contributed by atoms with Crippen LogP contribution in [0.2, 0.25) is 0 Å². The number of rotatable bonds is 5. The summed E-state index contributed by atoms with van der Waals surface area (Å²) in [6.07, 6.45) is 5.10. The van der Waals surface area contributed by atoms with Crippen molar-refractivity contribution in [1.29, 1.82) is 0 Å². The van der Waals surface area contributed by atoms with Crippen LogP contribution in [0.4, 0.5) is 0 Å². The lowest BCUT2D eigenvalue weighted by molar-refractivity contribution is -0.131. The minimum Gasteiger partial charge on any atom is -0.338 e. The van der Waals surface area contributed by atoms with E-state index in [1.54, 1.807) is 0 Å². The monoisotopic (exact) mass is 238 g/mol. The van der Waals surface area contributed by atoms with Crippen LogP contribution in [0.3, 0.4) is 0 Å². The van der Waals surface area contributed by atoms with Gasteiger partial charge >= 0.3 is 0 Å². The van der Waals surface area contributed by atoms with Gasteiger partial charge in [0.25, 0.3) is 0 Å². The molecule has 1 amide bonds. The molecule has 0 N–H and O–H groups in total. The number of likely N-dealkylation sites (tertiary alicyclic amines) is 1. The van der Waals surface area contributed by atoms with Crippen LogP contribution in [-0.2, 0) is 4.79 Å². The molecule has 1 aliphatic rings. The summed E-state index contributed by atoms with van der Waals surface area (Å²) < 4.78 is 0. The predicted molar refractivity (Wildman–Crippen MR) is 72.0 cm³/mol. The van der Waals surface area contributed by atoms with Gasteiger partial charge in [-0.15, -0.1) is 0 Å². The van der Waals surface area contributed by atoms with Crippen LogP contribution in [0.5, 0.6) is 0 Å². The van der Waals surface area contributed by atoms with E-state index in [4.69, 9.17) is 0 Å². The van der Waals surface area contributed by atoms with E-state index in [-0.39, 0.29) is 5.91 Å². The van der Waals surface area contributed by atoms with E-state index in [0.29, 0.717) is 13.1 Å². The minimum absolute atomic E-state index is 0.248. The summed E-state index contributed by atoms with van der Waals surface area (Å²) in [5, 5.41) is 0. The number of carbonyl (C=O) groups is 1. The molecule has 0 bridgehead atoms. The highest BCUT2D eigenvalue weighted by molar-refractivity contribution is 5.78. The molecular formula is C14H26N2O. The number of hydrogen-bond donors (Lipinski definition) is 0. The maximum atomic E-state index is 12.1. The van der Waals surface area contributed by atoms with Crippen molar-refractivity contribution in [3.63, 3.8) is 0 Å². The van der Waals surface area contributed by atoms with Crippen LogP contribution in [0.15, 0.2) is 12.2 Å². The van der Waals surface area contributed by atoms with Crippen molar-refractivity contribution in [3.8, 4) is 0 Å². The maximum absolute atomic E-state index is 12.1. The smallest absolute Gasteiger partial charge is 0.237 e. The molecule has 0 aromatic rings. The summed E-state index contributed by atoms with van der Waals surface area (Å²) in [6.45, 7) is 12.1. The zero-order chi connectivity index (χ0) is 12.7. The molecule has 0 spiro atoms. The number of amides is 1. The first-order chi connectivity index (χ1) is 8.13. The summed E-state index contributed by atoms with van der Waals surface area (Å²) in [5.74, 6) is 0.248. The summed E-state index contributed by atoms with van der Waals surface area (Å²) in [4.78, 5) is 16.3. The third-order valence-corrected chi connectivity index (χ3v) is 3.25. The molecule has 0 unspecified atom stereocenters. The second-order valence-electron chi connectivity index (χ2n) is 5.06. The van der Waals surface area contributed by atoms with Crippen molar-refractivity contribution < 1.29 is 4.79 Å². The van der Waals surface area contributed by atoms with Crippen molar-refractivity contribution in [1.82, 2.24) is 9.80 Å². The first-order valence-electron chi connectivity index (χ1n) is 6.78. The molecule has 17 heavy (non-hydrogen) atoms. The molecule has 0 aliphatic carbocycles. The number of hydrogen-bond acceptors (Lipinski definition) is 2. The fourth-order valence-electron chi connectivity index (χ4n) is 2.29. The second kappa shape index (κ2) is 7.49. The molecule has 3 nitrogen and oxygen atoms in total. The van der Waals surface area contributed by atoms with E-state index in [9.17, 15) is 4.79 Å². The summed E-state index contributed by atoms with van der Waals surface area (Å²) >= 11 is 0. The Balaban J connectivity index is 2.41. The lowest BCUT2D eigenvalue weighted by atomic mass is 10.2. The first kappa shape index (κ1) is 14.2. The van der Waals surface area contributed by atoms with Gasteiger partial charge in [-0.05, 0) is 39.8 Å². The number of carbonyl (C=O) groups excluding carboxylic acids is 1. The molecule has 0 aromatic heterocycles. The Kier molecular flexibility index (Phi) is 6.27. The van der Waals surface area contributed by atoms with E-state index in [0.717, 1.165) is 25.2 Å². The molecule has 1 heterocycles. The third-order valence-electron chi connectivity index (χ3n) is 3.25. The second-order valence-corrected chi connectivity index (χ2v) is 5.06. The largest absolute Gasteiger partial charge is 0.338 e. The van der Waals surface area contributed by atoms with Gasteiger partial charge in [0.1, 0.15) is 0 Å². The van der Waals surface area contributed by atoms with Crippen LogP contribution < -0.4 is 0 Å². The van der Waals surface area contributed by atoms with Gasteiger partial charge in [0.05, 0.1) is 6.54 Å². The van der Waals surface area contributed by atoms with Gasteiger partial charge in [-0.25, -0.2) is 0 Å². The van der Waals surface area contributed by atoms with Crippen LogP contribution in [0, 0.1) is 0 Å². The zero-order valence-electron chi connectivity index (χ0n) is 11.4. The van der Waals surface area contributed by atoms with Crippen molar-refractivity contribution >= 4 is 5.91 Å². The molecule has 0 atom stereocenters. The molecule has 0 saturated carbocycles. The highest BCUT2D eigenvalue weighted by Crippen LogP contribution is 2.10. The molecule has 98 valence electrons. The highest BCUT2D eigenvalue weighted by Gasteiger charge is 2.17. The molecule has 1 rings (SSSR count). The van der Waals surface area contributed by atoms with Crippen molar-refractivity contribution in [2.45, 2.75) is 39.5 Å². The van der Waals surface area contributed by atoms with E-state index >= 15 is 0 Å². The fourth-order valence-corrected chi connectivity index (χ4v) is 2.29. The average Bonchev–Trinajstić information content (AvgIpc) is 2.54. The average molecular weight is 238 g/mol.